The van der Waals surface area contributed by atoms with Crippen LogP contribution in [0.1, 0.15) is 65.7 Å². The molecule has 0 bridgehead atoms. The summed E-state index contributed by atoms with van der Waals surface area (Å²) in [4.78, 5) is 23.4. The van der Waals surface area contributed by atoms with Crippen LogP contribution >= 0.6 is 0 Å². The molecule has 2 N–H and O–H groups in total. The van der Waals surface area contributed by atoms with E-state index in [0.717, 1.165) is 37.4 Å². The van der Waals surface area contributed by atoms with Crippen molar-refractivity contribution in [2.75, 3.05) is 11.4 Å². The zero-order valence-electron chi connectivity index (χ0n) is 16.9. The number of aryl methyl sites for hydroxylation is 1. The molecule has 0 saturated heterocycles. The maximum absolute atomic E-state index is 12.4. The largest absolute Gasteiger partial charge is 0.352 e. The minimum absolute atomic E-state index is 0.157. The number of aromatic nitrogens is 5. The topological polar surface area (TPSA) is 113 Å². The third-order valence-electron chi connectivity index (χ3n) is 5.07. The van der Waals surface area contributed by atoms with Crippen LogP contribution in [0.4, 0.5) is 5.82 Å². The first-order valence-electron chi connectivity index (χ1n) is 9.91. The second kappa shape index (κ2) is 8.02. The monoisotopic (exact) mass is 395 g/mol. The highest BCUT2D eigenvalue weighted by atomic mass is 16.5. The molecule has 4 rings (SSSR count). The molecule has 0 radical (unpaired) electrons. The van der Waals surface area contributed by atoms with Gasteiger partial charge in [0.2, 0.25) is 5.89 Å². The number of nitrogens with zero attached hydrogens (tertiary/aromatic N) is 5. The van der Waals surface area contributed by atoms with Crippen molar-refractivity contribution in [3.63, 3.8) is 0 Å². The average Bonchev–Trinajstić information content (AvgIpc) is 3.38. The van der Waals surface area contributed by atoms with Gasteiger partial charge in [-0.1, -0.05) is 25.9 Å². The lowest BCUT2D eigenvalue weighted by atomic mass is 10.0. The van der Waals surface area contributed by atoms with E-state index in [4.69, 9.17) is 4.52 Å². The number of amides is 1. The van der Waals surface area contributed by atoms with Gasteiger partial charge in [0, 0.05) is 42.9 Å². The normalized spacial score (nSPS) is 13.6. The summed E-state index contributed by atoms with van der Waals surface area (Å²) in [6.07, 6.45) is 3.42. The van der Waals surface area contributed by atoms with Crippen LogP contribution < -0.4 is 10.2 Å². The lowest BCUT2D eigenvalue weighted by Crippen LogP contribution is -2.31. The van der Waals surface area contributed by atoms with Gasteiger partial charge in [-0.3, -0.25) is 9.89 Å². The predicted molar refractivity (Wildman–Crippen MR) is 107 cm³/mol. The van der Waals surface area contributed by atoms with Gasteiger partial charge >= 0.3 is 0 Å². The van der Waals surface area contributed by atoms with E-state index in [2.05, 4.69) is 42.5 Å². The van der Waals surface area contributed by atoms with E-state index < -0.39 is 0 Å². The summed E-state index contributed by atoms with van der Waals surface area (Å²) >= 11 is 0. The molecule has 1 aliphatic rings. The molecule has 0 unspecified atom stereocenters. The van der Waals surface area contributed by atoms with Gasteiger partial charge < -0.3 is 14.7 Å². The quantitative estimate of drug-likeness (QED) is 0.659. The second-order valence-electron chi connectivity index (χ2n) is 7.44. The number of fused-ring (bicyclic) bond motifs is 1. The third kappa shape index (κ3) is 3.98. The first kappa shape index (κ1) is 19.1. The molecule has 0 aromatic carbocycles. The number of pyridine rings is 1. The number of anilines is 1. The number of carbonyl (C=O) groups excluding carboxylic acids is 1. The number of H-pyrrole nitrogens is 1. The van der Waals surface area contributed by atoms with E-state index >= 15 is 0 Å². The summed E-state index contributed by atoms with van der Waals surface area (Å²) in [6, 6.07) is 3.68. The number of rotatable bonds is 6. The van der Waals surface area contributed by atoms with Crippen LogP contribution in [-0.4, -0.2) is 37.8 Å². The highest BCUT2D eigenvalue weighted by Crippen LogP contribution is 2.24. The first-order chi connectivity index (χ1) is 14.0. The molecule has 3 aromatic rings. The van der Waals surface area contributed by atoms with Gasteiger partial charge in [0.25, 0.3) is 5.91 Å². The third-order valence-corrected chi connectivity index (χ3v) is 5.07. The molecule has 0 fully saturated rings. The van der Waals surface area contributed by atoms with Gasteiger partial charge in [-0.2, -0.15) is 10.1 Å². The SMILES string of the molecule is CCc1n[nH]c2c1CN(c1ccc(C(=O)NCc3noc(C(C)C)n3)cn1)CC2. The van der Waals surface area contributed by atoms with Crippen LogP contribution in [0.25, 0.3) is 0 Å². The zero-order chi connectivity index (χ0) is 20.4. The molecule has 1 aliphatic heterocycles. The van der Waals surface area contributed by atoms with Gasteiger partial charge in [0.1, 0.15) is 5.82 Å². The molecule has 1 amide bonds. The molecule has 3 aromatic heterocycles. The van der Waals surface area contributed by atoms with Crippen molar-refractivity contribution in [3.05, 3.63) is 52.6 Å². The maximum Gasteiger partial charge on any atom is 0.253 e. The maximum atomic E-state index is 12.4. The van der Waals surface area contributed by atoms with Gasteiger partial charge in [-0.05, 0) is 18.6 Å². The minimum Gasteiger partial charge on any atom is -0.352 e. The lowest BCUT2D eigenvalue weighted by Gasteiger charge is -2.28. The molecule has 9 heteroatoms. The number of carbonyl (C=O) groups is 1. The first-order valence-corrected chi connectivity index (χ1v) is 9.91. The molecule has 0 spiro atoms. The van der Waals surface area contributed by atoms with Crippen LogP contribution in [0.15, 0.2) is 22.9 Å². The Hall–Kier alpha value is -3.23. The smallest absolute Gasteiger partial charge is 0.253 e. The van der Waals surface area contributed by atoms with E-state index in [0.29, 0.717) is 17.3 Å². The fourth-order valence-corrected chi connectivity index (χ4v) is 3.38. The number of nitrogens with one attached hydrogen (secondary N) is 2. The van der Waals surface area contributed by atoms with Crippen molar-refractivity contribution in [3.8, 4) is 0 Å². The molecule has 0 atom stereocenters. The van der Waals surface area contributed by atoms with Crippen LogP contribution in [0.5, 0.6) is 0 Å². The summed E-state index contributed by atoms with van der Waals surface area (Å²) in [7, 11) is 0. The summed E-state index contributed by atoms with van der Waals surface area (Å²) < 4.78 is 5.15. The molecule has 152 valence electrons. The van der Waals surface area contributed by atoms with E-state index in [1.165, 1.54) is 11.3 Å². The van der Waals surface area contributed by atoms with E-state index in [1.807, 2.05) is 19.9 Å². The zero-order valence-corrected chi connectivity index (χ0v) is 16.9. The van der Waals surface area contributed by atoms with Gasteiger partial charge in [-0.25, -0.2) is 4.98 Å². The van der Waals surface area contributed by atoms with Crippen molar-refractivity contribution in [2.24, 2.45) is 0 Å². The minimum atomic E-state index is -0.219. The second-order valence-corrected chi connectivity index (χ2v) is 7.44. The Morgan fingerprint density at radius 1 is 1.38 bits per heavy atom. The Balaban J connectivity index is 1.38. The van der Waals surface area contributed by atoms with Gasteiger partial charge in [-0.15, -0.1) is 0 Å². The Kier molecular flexibility index (Phi) is 5.28. The Morgan fingerprint density at radius 3 is 2.93 bits per heavy atom. The molecule has 4 heterocycles. The summed E-state index contributed by atoms with van der Waals surface area (Å²) in [5, 5.41) is 14.2. The highest BCUT2D eigenvalue weighted by molar-refractivity contribution is 5.93. The van der Waals surface area contributed by atoms with E-state index in [1.54, 1.807) is 12.3 Å². The van der Waals surface area contributed by atoms with Crippen molar-refractivity contribution in [2.45, 2.75) is 52.6 Å². The molecule has 0 saturated carbocycles. The van der Waals surface area contributed by atoms with Crippen molar-refractivity contribution >= 4 is 11.7 Å². The molecule has 0 aliphatic carbocycles. The number of hydrogen-bond acceptors (Lipinski definition) is 7. The summed E-state index contributed by atoms with van der Waals surface area (Å²) in [6.45, 7) is 7.92. The fraction of sp³-hybridized carbons (Fsp3) is 0.450. The van der Waals surface area contributed by atoms with Crippen molar-refractivity contribution in [1.29, 1.82) is 0 Å². The standard InChI is InChI=1S/C20H25N7O2/c1-4-15-14-11-27(8-7-16(14)25-24-15)18-6-5-13(9-21-18)19(28)22-10-17-23-20(12(2)3)29-26-17/h5-6,9,12H,4,7-8,10-11H2,1-3H3,(H,22,28)(H,24,25). The van der Waals surface area contributed by atoms with Gasteiger partial charge in [0.15, 0.2) is 5.82 Å². The van der Waals surface area contributed by atoms with Gasteiger partial charge in [0.05, 0.1) is 17.8 Å². The van der Waals surface area contributed by atoms with Crippen LogP contribution in [0.2, 0.25) is 0 Å². The number of aromatic amines is 1. The number of hydrogen-bond donors (Lipinski definition) is 2. The van der Waals surface area contributed by atoms with E-state index in [-0.39, 0.29) is 18.4 Å². The molecular formula is C20H25N7O2. The predicted octanol–water partition coefficient (Wildman–Crippen LogP) is 2.37. The summed E-state index contributed by atoms with van der Waals surface area (Å²) in [5.74, 6) is 1.82. The lowest BCUT2D eigenvalue weighted by molar-refractivity contribution is 0.0949. The highest BCUT2D eigenvalue weighted by Gasteiger charge is 2.22. The molecule has 9 nitrogen and oxygen atoms in total. The molecular weight excluding hydrogens is 370 g/mol. The molecule has 29 heavy (non-hydrogen) atoms. The summed E-state index contributed by atoms with van der Waals surface area (Å²) in [5.41, 5.74) is 4.10. The van der Waals surface area contributed by atoms with E-state index in [9.17, 15) is 4.79 Å². The Morgan fingerprint density at radius 2 is 2.24 bits per heavy atom. The van der Waals surface area contributed by atoms with Crippen LogP contribution in [0, 0.1) is 0 Å². The van der Waals surface area contributed by atoms with Crippen LogP contribution in [0.3, 0.4) is 0 Å². The fourth-order valence-electron chi connectivity index (χ4n) is 3.38. The van der Waals surface area contributed by atoms with Crippen LogP contribution in [-0.2, 0) is 25.9 Å². The average molecular weight is 395 g/mol. The Labute approximate surface area is 168 Å². The van der Waals surface area contributed by atoms with Crippen molar-refractivity contribution < 1.29 is 9.32 Å². The van der Waals surface area contributed by atoms with Crippen molar-refractivity contribution in [1.82, 2.24) is 30.6 Å². The Bertz CT molecular complexity index is 977.